The fourth-order valence-electron chi connectivity index (χ4n) is 4.10. The van der Waals surface area contributed by atoms with Crippen molar-refractivity contribution in [1.82, 2.24) is 0 Å². The van der Waals surface area contributed by atoms with Gasteiger partial charge in [0, 0.05) is 6.61 Å². The van der Waals surface area contributed by atoms with Gasteiger partial charge in [-0.2, -0.15) is 0 Å². The van der Waals surface area contributed by atoms with E-state index in [0.29, 0.717) is 5.60 Å². The molecule has 0 amide bonds. The van der Waals surface area contributed by atoms with Crippen LogP contribution in [0.5, 0.6) is 0 Å². The molecule has 3 unspecified atom stereocenters. The molecule has 0 aromatic carbocycles. The van der Waals surface area contributed by atoms with Gasteiger partial charge in [-0.1, -0.05) is 19.3 Å². The van der Waals surface area contributed by atoms with E-state index >= 15 is 0 Å². The molecule has 80 valence electrons. The Hall–Kier alpha value is -0.0400. The first-order valence-electron chi connectivity index (χ1n) is 6.53. The van der Waals surface area contributed by atoms with Gasteiger partial charge in [-0.25, -0.2) is 0 Å². The molecule has 0 N–H and O–H groups in total. The Labute approximate surface area is 87.2 Å². The molecular formula is C13H22O. The van der Waals surface area contributed by atoms with Gasteiger partial charge in [0.2, 0.25) is 0 Å². The summed E-state index contributed by atoms with van der Waals surface area (Å²) in [5, 5.41) is 0. The molecule has 3 aliphatic rings. The van der Waals surface area contributed by atoms with E-state index in [1.807, 2.05) is 0 Å². The SMILES string of the molecule is C1CCCC2(CC3CCC2C3)OCC1. The number of ether oxygens (including phenoxy) is 1. The minimum absolute atomic E-state index is 0.364. The van der Waals surface area contributed by atoms with E-state index in [9.17, 15) is 0 Å². The van der Waals surface area contributed by atoms with Crippen LogP contribution < -0.4 is 0 Å². The van der Waals surface area contributed by atoms with Gasteiger partial charge >= 0.3 is 0 Å². The third-order valence-electron chi connectivity index (χ3n) is 4.80. The molecule has 0 aromatic rings. The third-order valence-corrected chi connectivity index (χ3v) is 4.80. The van der Waals surface area contributed by atoms with E-state index in [4.69, 9.17) is 4.74 Å². The van der Waals surface area contributed by atoms with Crippen molar-refractivity contribution in [2.24, 2.45) is 11.8 Å². The summed E-state index contributed by atoms with van der Waals surface area (Å²) in [6.07, 6.45) is 12.8. The van der Waals surface area contributed by atoms with Crippen molar-refractivity contribution in [3.8, 4) is 0 Å². The molecule has 3 fully saturated rings. The molecule has 3 atom stereocenters. The Balaban J connectivity index is 1.73. The molecule has 1 heterocycles. The topological polar surface area (TPSA) is 9.23 Å². The second-order valence-electron chi connectivity index (χ2n) is 5.66. The van der Waals surface area contributed by atoms with Crippen LogP contribution in [-0.2, 0) is 4.74 Å². The average molecular weight is 194 g/mol. The zero-order valence-corrected chi connectivity index (χ0v) is 9.13. The zero-order valence-electron chi connectivity index (χ0n) is 9.13. The minimum Gasteiger partial charge on any atom is -0.375 e. The van der Waals surface area contributed by atoms with Crippen LogP contribution in [0, 0.1) is 11.8 Å². The van der Waals surface area contributed by atoms with Gasteiger partial charge in [0.25, 0.3) is 0 Å². The van der Waals surface area contributed by atoms with Crippen LogP contribution in [-0.4, -0.2) is 12.2 Å². The summed E-state index contributed by atoms with van der Waals surface area (Å²) in [5.41, 5.74) is 0.364. The first-order valence-corrected chi connectivity index (χ1v) is 6.53. The van der Waals surface area contributed by atoms with E-state index in [2.05, 4.69) is 0 Å². The van der Waals surface area contributed by atoms with Crippen LogP contribution in [0.15, 0.2) is 0 Å². The van der Waals surface area contributed by atoms with Crippen LogP contribution in [0.2, 0.25) is 0 Å². The summed E-state index contributed by atoms with van der Waals surface area (Å²) in [6, 6.07) is 0. The summed E-state index contributed by atoms with van der Waals surface area (Å²) in [5.74, 6) is 1.96. The summed E-state index contributed by atoms with van der Waals surface area (Å²) in [6.45, 7) is 1.04. The van der Waals surface area contributed by atoms with Gasteiger partial charge in [0.15, 0.2) is 0 Å². The Bertz CT molecular complexity index is 203. The van der Waals surface area contributed by atoms with Gasteiger partial charge in [-0.15, -0.1) is 0 Å². The molecule has 0 radical (unpaired) electrons. The van der Waals surface area contributed by atoms with E-state index in [1.165, 1.54) is 57.8 Å². The fraction of sp³-hybridized carbons (Fsp3) is 1.00. The van der Waals surface area contributed by atoms with Crippen molar-refractivity contribution in [2.45, 2.75) is 63.4 Å². The molecule has 3 rings (SSSR count). The van der Waals surface area contributed by atoms with Crippen molar-refractivity contribution in [3.05, 3.63) is 0 Å². The Morgan fingerprint density at radius 3 is 2.71 bits per heavy atom. The quantitative estimate of drug-likeness (QED) is 0.573. The number of hydrogen-bond donors (Lipinski definition) is 0. The largest absolute Gasteiger partial charge is 0.375 e. The summed E-state index contributed by atoms with van der Waals surface area (Å²) in [4.78, 5) is 0. The third kappa shape index (κ3) is 1.41. The molecule has 2 bridgehead atoms. The molecule has 2 aliphatic carbocycles. The maximum absolute atomic E-state index is 6.27. The van der Waals surface area contributed by atoms with Crippen LogP contribution in [0.25, 0.3) is 0 Å². The highest BCUT2D eigenvalue weighted by Crippen LogP contribution is 2.54. The standard InChI is InChI=1S/C13H22O/c1-2-4-8-14-13(7-3-1)10-11-5-6-12(13)9-11/h11-12H,1-10H2. The molecule has 1 nitrogen and oxygen atoms in total. The molecular weight excluding hydrogens is 172 g/mol. The molecule has 1 saturated heterocycles. The van der Waals surface area contributed by atoms with Crippen molar-refractivity contribution in [2.75, 3.05) is 6.61 Å². The smallest absolute Gasteiger partial charge is 0.0713 e. The van der Waals surface area contributed by atoms with E-state index in [0.717, 1.165) is 18.4 Å². The molecule has 1 heteroatoms. The lowest BCUT2D eigenvalue weighted by atomic mass is 9.79. The first kappa shape index (κ1) is 9.21. The van der Waals surface area contributed by atoms with Crippen LogP contribution in [0.3, 0.4) is 0 Å². The highest BCUT2D eigenvalue weighted by molar-refractivity contribution is 5.02. The zero-order chi connectivity index (χ0) is 9.43. The lowest BCUT2D eigenvalue weighted by Crippen LogP contribution is -2.39. The van der Waals surface area contributed by atoms with Crippen LogP contribution in [0.4, 0.5) is 0 Å². The van der Waals surface area contributed by atoms with Crippen molar-refractivity contribution < 1.29 is 4.74 Å². The second-order valence-corrected chi connectivity index (χ2v) is 5.66. The van der Waals surface area contributed by atoms with Crippen LogP contribution in [0.1, 0.15) is 57.8 Å². The van der Waals surface area contributed by atoms with Crippen LogP contribution >= 0.6 is 0 Å². The van der Waals surface area contributed by atoms with E-state index in [1.54, 1.807) is 0 Å². The normalized spacial score (nSPS) is 48.0. The van der Waals surface area contributed by atoms with Gasteiger partial charge < -0.3 is 4.74 Å². The van der Waals surface area contributed by atoms with Crippen molar-refractivity contribution >= 4 is 0 Å². The molecule has 14 heavy (non-hydrogen) atoms. The summed E-state index contributed by atoms with van der Waals surface area (Å²) >= 11 is 0. The minimum atomic E-state index is 0.364. The maximum atomic E-state index is 6.27. The second kappa shape index (κ2) is 3.52. The van der Waals surface area contributed by atoms with Gasteiger partial charge in [-0.3, -0.25) is 0 Å². The Morgan fingerprint density at radius 2 is 1.93 bits per heavy atom. The van der Waals surface area contributed by atoms with E-state index < -0.39 is 0 Å². The average Bonchev–Trinajstić information content (AvgIpc) is 2.71. The predicted octanol–water partition coefficient (Wildman–Crippen LogP) is 3.53. The monoisotopic (exact) mass is 194 g/mol. The number of rotatable bonds is 0. The number of fused-ring (bicyclic) bond motifs is 3. The van der Waals surface area contributed by atoms with E-state index in [-0.39, 0.29) is 0 Å². The van der Waals surface area contributed by atoms with Gasteiger partial charge in [0.05, 0.1) is 5.60 Å². The number of hydrogen-bond acceptors (Lipinski definition) is 1. The Morgan fingerprint density at radius 1 is 1.00 bits per heavy atom. The first-order chi connectivity index (χ1) is 6.89. The summed E-state index contributed by atoms with van der Waals surface area (Å²) < 4.78 is 6.27. The lowest BCUT2D eigenvalue weighted by molar-refractivity contribution is -0.0960. The van der Waals surface area contributed by atoms with Crippen molar-refractivity contribution in [1.29, 1.82) is 0 Å². The fourth-order valence-corrected chi connectivity index (χ4v) is 4.10. The molecule has 1 aliphatic heterocycles. The molecule has 2 saturated carbocycles. The van der Waals surface area contributed by atoms with Gasteiger partial charge in [0.1, 0.15) is 0 Å². The molecule has 1 spiro atoms. The summed E-state index contributed by atoms with van der Waals surface area (Å²) in [7, 11) is 0. The maximum Gasteiger partial charge on any atom is 0.0713 e. The van der Waals surface area contributed by atoms with Gasteiger partial charge in [-0.05, 0) is 50.4 Å². The highest BCUT2D eigenvalue weighted by atomic mass is 16.5. The molecule has 0 aromatic heterocycles. The Kier molecular flexibility index (Phi) is 2.31. The highest BCUT2D eigenvalue weighted by Gasteiger charge is 2.51. The lowest BCUT2D eigenvalue weighted by Gasteiger charge is -2.39. The van der Waals surface area contributed by atoms with Crippen molar-refractivity contribution in [3.63, 3.8) is 0 Å². The predicted molar refractivity (Wildman–Crippen MR) is 57.2 cm³/mol.